The molecule has 20 heavy (non-hydrogen) atoms. The molecule has 0 amide bonds. The maximum absolute atomic E-state index is 11.0. The Kier molecular flexibility index (Phi) is 5.53. The second kappa shape index (κ2) is 7.39. The Hall–Kier alpha value is -1.42. The minimum atomic E-state index is -0.266. The number of para-hydroxylation sites is 1. The van der Waals surface area contributed by atoms with Crippen LogP contribution in [0.5, 0.6) is 0 Å². The molecule has 0 aliphatic heterocycles. The van der Waals surface area contributed by atoms with Crippen LogP contribution in [0.4, 0.5) is 5.69 Å². The third-order valence-electron chi connectivity index (χ3n) is 4.35. The fourth-order valence-corrected chi connectivity index (χ4v) is 3.33. The zero-order valence-electron chi connectivity index (χ0n) is 12.2. The molecular weight excluding hydrogens is 252 g/mol. The van der Waals surface area contributed by atoms with Gasteiger partial charge in [0.1, 0.15) is 0 Å². The summed E-state index contributed by atoms with van der Waals surface area (Å²) in [5, 5.41) is 14.6. The van der Waals surface area contributed by atoms with E-state index in [9.17, 15) is 10.1 Å². The molecule has 4 nitrogen and oxygen atoms in total. The summed E-state index contributed by atoms with van der Waals surface area (Å²) in [6.07, 6.45) is 6.95. The van der Waals surface area contributed by atoms with Gasteiger partial charge in [-0.2, -0.15) is 0 Å². The van der Waals surface area contributed by atoms with Crippen LogP contribution in [0.1, 0.15) is 44.6 Å². The van der Waals surface area contributed by atoms with Crippen LogP contribution in [0.2, 0.25) is 0 Å². The van der Waals surface area contributed by atoms with Gasteiger partial charge >= 0.3 is 0 Å². The molecule has 0 aromatic heterocycles. The monoisotopic (exact) mass is 276 g/mol. The van der Waals surface area contributed by atoms with Crippen LogP contribution in [-0.2, 0) is 6.42 Å². The molecule has 1 aliphatic rings. The van der Waals surface area contributed by atoms with E-state index in [0.717, 1.165) is 24.9 Å². The van der Waals surface area contributed by atoms with Crippen LogP contribution in [0.25, 0.3) is 0 Å². The van der Waals surface area contributed by atoms with Crippen LogP contribution in [0.3, 0.4) is 0 Å². The van der Waals surface area contributed by atoms with Crippen LogP contribution >= 0.6 is 0 Å². The Morgan fingerprint density at radius 2 is 2.05 bits per heavy atom. The van der Waals surface area contributed by atoms with E-state index in [0.29, 0.717) is 12.0 Å². The Morgan fingerprint density at radius 1 is 1.30 bits per heavy atom. The highest BCUT2D eigenvalue weighted by atomic mass is 16.6. The molecule has 2 unspecified atom stereocenters. The van der Waals surface area contributed by atoms with Gasteiger partial charge in [-0.25, -0.2) is 0 Å². The summed E-state index contributed by atoms with van der Waals surface area (Å²) in [6.45, 7) is 3.15. The Balaban J connectivity index is 1.98. The quantitative estimate of drug-likeness (QED) is 0.636. The summed E-state index contributed by atoms with van der Waals surface area (Å²) < 4.78 is 0. The topological polar surface area (TPSA) is 55.2 Å². The Morgan fingerprint density at radius 3 is 2.80 bits per heavy atom. The number of hydrogen-bond acceptors (Lipinski definition) is 3. The Labute approximate surface area is 120 Å². The number of nitro groups is 1. The van der Waals surface area contributed by atoms with Gasteiger partial charge in [0.2, 0.25) is 0 Å². The number of nitro benzene ring substituents is 1. The van der Waals surface area contributed by atoms with Crippen molar-refractivity contribution in [2.75, 3.05) is 6.54 Å². The number of aryl methyl sites for hydroxylation is 1. The molecule has 0 heterocycles. The molecule has 1 fully saturated rings. The maximum atomic E-state index is 11.0. The fraction of sp³-hybridized carbons (Fsp3) is 0.625. The SMILES string of the molecule is CCNC1CCCCC1CCc1ccccc1[N+](=O)[O-]. The van der Waals surface area contributed by atoms with Crippen molar-refractivity contribution in [1.82, 2.24) is 5.32 Å². The fourth-order valence-electron chi connectivity index (χ4n) is 3.33. The van der Waals surface area contributed by atoms with Crippen molar-refractivity contribution >= 4 is 5.69 Å². The second-order valence-electron chi connectivity index (χ2n) is 5.63. The summed E-state index contributed by atoms with van der Waals surface area (Å²) in [7, 11) is 0. The van der Waals surface area contributed by atoms with Crippen molar-refractivity contribution in [1.29, 1.82) is 0 Å². The summed E-state index contributed by atoms with van der Waals surface area (Å²) in [5.74, 6) is 0.656. The summed E-state index contributed by atoms with van der Waals surface area (Å²) in [4.78, 5) is 10.8. The highest BCUT2D eigenvalue weighted by Gasteiger charge is 2.24. The molecule has 1 N–H and O–H groups in total. The smallest absolute Gasteiger partial charge is 0.272 e. The highest BCUT2D eigenvalue weighted by Crippen LogP contribution is 2.29. The van der Waals surface area contributed by atoms with Gasteiger partial charge in [0, 0.05) is 17.7 Å². The largest absolute Gasteiger partial charge is 0.314 e. The molecule has 0 bridgehead atoms. The Bertz CT molecular complexity index is 446. The number of nitrogens with one attached hydrogen (secondary N) is 1. The van der Waals surface area contributed by atoms with Crippen molar-refractivity contribution in [2.45, 2.75) is 51.5 Å². The lowest BCUT2D eigenvalue weighted by Gasteiger charge is -2.32. The van der Waals surface area contributed by atoms with Crippen LogP contribution in [0, 0.1) is 16.0 Å². The first-order valence-electron chi connectivity index (χ1n) is 7.68. The standard InChI is InChI=1S/C16H24N2O2/c1-2-17-15-9-5-3-7-13(15)11-12-14-8-4-6-10-16(14)18(19)20/h4,6,8,10,13,15,17H,2-3,5,7,9,11-12H2,1H3. The molecule has 2 rings (SSSR count). The van der Waals surface area contributed by atoms with Gasteiger partial charge in [0.15, 0.2) is 0 Å². The minimum absolute atomic E-state index is 0.266. The van der Waals surface area contributed by atoms with E-state index < -0.39 is 0 Å². The maximum Gasteiger partial charge on any atom is 0.272 e. The number of nitrogens with zero attached hydrogens (tertiary/aromatic N) is 1. The molecule has 110 valence electrons. The van der Waals surface area contributed by atoms with Crippen molar-refractivity contribution in [3.63, 3.8) is 0 Å². The highest BCUT2D eigenvalue weighted by molar-refractivity contribution is 5.39. The predicted octanol–water partition coefficient (Wildman–Crippen LogP) is 3.70. The van der Waals surface area contributed by atoms with Crippen LogP contribution in [0.15, 0.2) is 24.3 Å². The van der Waals surface area contributed by atoms with E-state index >= 15 is 0 Å². The summed E-state index contributed by atoms with van der Waals surface area (Å²) in [5.41, 5.74) is 1.14. The van der Waals surface area contributed by atoms with Crippen LogP contribution in [-0.4, -0.2) is 17.5 Å². The number of hydrogen-bond donors (Lipinski definition) is 1. The van der Waals surface area contributed by atoms with Crippen molar-refractivity contribution in [3.05, 3.63) is 39.9 Å². The first-order chi connectivity index (χ1) is 9.72. The lowest BCUT2D eigenvalue weighted by atomic mass is 9.81. The molecule has 1 saturated carbocycles. The van der Waals surface area contributed by atoms with Crippen LogP contribution < -0.4 is 5.32 Å². The van der Waals surface area contributed by atoms with Gasteiger partial charge in [-0.05, 0) is 38.1 Å². The molecule has 1 aromatic rings. The molecule has 1 aliphatic carbocycles. The lowest BCUT2D eigenvalue weighted by molar-refractivity contribution is -0.385. The second-order valence-corrected chi connectivity index (χ2v) is 5.63. The zero-order chi connectivity index (χ0) is 14.4. The van der Waals surface area contributed by atoms with Crippen molar-refractivity contribution < 1.29 is 4.92 Å². The van der Waals surface area contributed by atoms with E-state index in [-0.39, 0.29) is 10.6 Å². The van der Waals surface area contributed by atoms with Crippen molar-refractivity contribution in [3.8, 4) is 0 Å². The molecule has 4 heteroatoms. The van der Waals surface area contributed by atoms with Gasteiger partial charge in [0.05, 0.1) is 4.92 Å². The molecule has 0 saturated heterocycles. The van der Waals surface area contributed by atoms with Gasteiger partial charge in [-0.3, -0.25) is 10.1 Å². The number of rotatable bonds is 6. The van der Waals surface area contributed by atoms with E-state index in [4.69, 9.17) is 0 Å². The molecule has 1 aromatic carbocycles. The molecule has 2 atom stereocenters. The van der Waals surface area contributed by atoms with E-state index in [1.54, 1.807) is 12.1 Å². The average Bonchev–Trinajstić information content (AvgIpc) is 2.47. The predicted molar refractivity (Wildman–Crippen MR) is 80.8 cm³/mol. The van der Waals surface area contributed by atoms with Gasteiger partial charge < -0.3 is 5.32 Å². The third kappa shape index (κ3) is 3.79. The minimum Gasteiger partial charge on any atom is -0.314 e. The van der Waals surface area contributed by atoms with Gasteiger partial charge in [-0.15, -0.1) is 0 Å². The zero-order valence-corrected chi connectivity index (χ0v) is 12.2. The molecule has 0 spiro atoms. The third-order valence-corrected chi connectivity index (χ3v) is 4.35. The van der Waals surface area contributed by atoms with Crippen molar-refractivity contribution in [2.24, 2.45) is 5.92 Å². The summed E-state index contributed by atoms with van der Waals surface area (Å²) >= 11 is 0. The van der Waals surface area contributed by atoms with E-state index in [1.165, 1.54) is 25.7 Å². The number of benzene rings is 1. The first-order valence-corrected chi connectivity index (χ1v) is 7.68. The summed E-state index contributed by atoms with van der Waals surface area (Å²) in [6, 6.07) is 7.73. The van der Waals surface area contributed by atoms with Gasteiger partial charge in [0.25, 0.3) is 5.69 Å². The normalized spacial score (nSPS) is 22.6. The van der Waals surface area contributed by atoms with E-state index in [2.05, 4.69) is 12.2 Å². The molecular formula is C16H24N2O2. The lowest BCUT2D eigenvalue weighted by Crippen LogP contribution is -2.38. The van der Waals surface area contributed by atoms with Gasteiger partial charge in [-0.1, -0.05) is 38.0 Å². The first kappa shape index (κ1) is 15.0. The van der Waals surface area contributed by atoms with E-state index in [1.807, 2.05) is 12.1 Å². The molecule has 0 radical (unpaired) electrons. The average molecular weight is 276 g/mol.